The van der Waals surface area contributed by atoms with Crippen LogP contribution < -0.4 is 10.5 Å². The molecule has 2 rings (SSSR count). The normalized spacial score (nSPS) is 10.2. The Balaban J connectivity index is 2.85. The lowest BCUT2D eigenvalue weighted by Crippen LogP contribution is -2.11. The molecule has 0 saturated carbocycles. The molecule has 0 amide bonds. The van der Waals surface area contributed by atoms with Crippen LogP contribution in [0.1, 0.15) is 5.56 Å². The van der Waals surface area contributed by atoms with Crippen molar-refractivity contribution in [1.29, 1.82) is 0 Å². The molecule has 0 radical (unpaired) electrons. The van der Waals surface area contributed by atoms with Gasteiger partial charge in [-0.3, -0.25) is 4.98 Å². The van der Waals surface area contributed by atoms with Gasteiger partial charge in [-0.25, -0.2) is 0 Å². The van der Waals surface area contributed by atoms with E-state index in [1.807, 2.05) is 18.2 Å². The number of nitrogens with zero attached hydrogens (tertiary/aromatic N) is 1. The Morgan fingerprint density at radius 3 is 2.87 bits per heavy atom. The second-order valence-electron chi connectivity index (χ2n) is 3.10. The maximum absolute atomic E-state index is 5.69. The molecule has 76 valence electrons. The van der Waals surface area contributed by atoms with E-state index in [2.05, 4.69) is 4.98 Å². The third-order valence-corrected chi connectivity index (χ3v) is 2.45. The molecule has 0 spiro atoms. The molecule has 4 heteroatoms. The van der Waals surface area contributed by atoms with Gasteiger partial charge in [0.1, 0.15) is 10.7 Å². The Labute approximate surface area is 92.9 Å². The van der Waals surface area contributed by atoms with Gasteiger partial charge in [-0.1, -0.05) is 12.2 Å². The molecule has 0 aliphatic rings. The fraction of sp³-hybridized carbons (Fsp3) is 0.0909. The first kappa shape index (κ1) is 9.86. The van der Waals surface area contributed by atoms with Crippen LogP contribution >= 0.6 is 12.2 Å². The number of hydrogen-bond donors (Lipinski definition) is 1. The van der Waals surface area contributed by atoms with E-state index >= 15 is 0 Å². The third kappa shape index (κ3) is 1.64. The second kappa shape index (κ2) is 3.82. The van der Waals surface area contributed by atoms with Gasteiger partial charge in [0.05, 0.1) is 12.7 Å². The topological polar surface area (TPSA) is 48.1 Å². The average Bonchev–Trinajstić information content (AvgIpc) is 2.27. The number of ether oxygens (including phenoxy) is 1. The van der Waals surface area contributed by atoms with E-state index in [4.69, 9.17) is 22.7 Å². The van der Waals surface area contributed by atoms with Gasteiger partial charge in [-0.05, 0) is 23.6 Å². The predicted octanol–water partition coefficient (Wildman–Crippen LogP) is 1.88. The first-order chi connectivity index (χ1) is 7.24. The van der Waals surface area contributed by atoms with Gasteiger partial charge < -0.3 is 10.5 Å². The number of benzene rings is 1. The number of fused-ring (bicyclic) bond motifs is 1. The van der Waals surface area contributed by atoms with Crippen LogP contribution in [0.3, 0.4) is 0 Å². The van der Waals surface area contributed by atoms with Gasteiger partial charge in [0.25, 0.3) is 0 Å². The van der Waals surface area contributed by atoms with Crippen LogP contribution in [-0.2, 0) is 0 Å². The van der Waals surface area contributed by atoms with Crippen LogP contribution in [0.15, 0.2) is 30.6 Å². The molecule has 1 aromatic carbocycles. The molecule has 0 aliphatic carbocycles. The number of aromatic nitrogens is 1. The first-order valence-corrected chi connectivity index (χ1v) is 4.85. The van der Waals surface area contributed by atoms with Crippen LogP contribution in [-0.4, -0.2) is 17.1 Å². The molecule has 1 heterocycles. The number of pyridine rings is 1. The van der Waals surface area contributed by atoms with Gasteiger partial charge in [-0.2, -0.15) is 0 Å². The van der Waals surface area contributed by atoms with E-state index in [-0.39, 0.29) is 0 Å². The first-order valence-electron chi connectivity index (χ1n) is 4.44. The summed E-state index contributed by atoms with van der Waals surface area (Å²) in [6.45, 7) is 0. The summed E-state index contributed by atoms with van der Waals surface area (Å²) in [5, 5.41) is 1.97. The Morgan fingerprint density at radius 2 is 2.20 bits per heavy atom. The van der Waals surface area contributed by atoms with E-state index in [0.717, 1.165) is 16.3 Å². The zero-order valence-electron chi connectivity index (χ0n) is 8.23. The number of methoxy groups -OCH3 is 1. The van der Waals surface area contributed by atoms with Crippen molar-refractivity contribution >= 4 is 28.0 Å². The lowest BCUT2D eigenvalue weighted by Gasteiger charge is -2.09. The highest BCUT2D eigenvalue weighted by Crippen LogP contribution is 2.26. The van der Waals surface area contributed by atoms with E-state index in [1.54, 1.807) is 19.5 Å². The molecular weight excluding hydrogens is 208 g/mol. The van der Waals surface area contributed by atoms with Crippen molar-refractivity contribution in [1.82, 2.24) is 4.98 Å². The van der Waals surface area contributed by atoms with Gasteiger partial charge in [-0.15, -0.1) is 0 Å². The molecule has 0 fully saturated rings. The molecule has 0 atom stereocenters. The van der Waals surface area contributed by atoms with Crippen LogP contribution in [0.25, 0.3) is 10.8 Å². The summed E-state index contributed by atoms with van der Waals surface area (Å²) in [5.41, 5.74) is 6.46. The van der Waals surface area contributed by atoms with Gasteiger partial charge >= 0.3 is 0 Å². The van der Waals surface area contributed by atoms with Crippen molar-refractivity contribution in [3.63, 3.8) is 0 Å². The van der Waals surface area contributed by atoms with E-state index in [0.29, 0.717) is 10.7 Å². The second-order valence-corrected chi connectivity index (χ2v) is 3.54. The number of hydrogen-bond acceptors (Lipinski definition) is 3. The fourth-order valence-corrected chi connectivity index (χ4v) is 1.78. The molecule has 0 saturated heterocycles. The zero-order chi connectivity index (χ0) is 10.8. The quantitative estimate of drug-likeness (QED) is 0.782. The van der Waals surface area contributed by atoms with Crippen LogP contribution in [0.5, 0.6) is 5.75 Å². The predicted molar refractivity (Wildman–Crippen MR) is 64.2 cm³/mol. The monoisotopic (exact) mass is 218 g/mol. The average molecular weight is 218 g/mol. The van der Waals surface area contributed by atoms with Crippen LogP contribution in [0.2, 0.25) is 0 Å². The molecule has 0 unspecified atom stereocenters. The summed E-state index contributed by atoms with van der Waals surface area (Å²) >= 11 is 5.02. The Bertz CT molecular complexity index is 525. The number of nitrogens with two attached hydrogens (primary N) is 1. The minimum Gasteiger partial charge on any atom is -0.496 e. The van der Waals surface area contributed by atoms with Gasteiger partial charge in [0, 0.05) is 17.8 Å². The van der Waals surface area contributed by atoms with Crippen molar-refractivity contribution in [2.24, 2.45) is 5.73 Å². The summed E-state index contributed by atoms with van der Waals surface area (Å²) in [6.07, 6.45) is 3.49. The van der Waals surface area contributed by atoms with Crippen LogP contribution in [0, 0.1) is 0 Å². The van der Waals surface area contributed by atoms with Gasteiger partial charge in [0.15, 0.2) is 0 Å². The summed E-state index contributed by atoms with van der Waals surface area (Å²) in [6, 6.07) is 5.66. The Kier molecular flexibility index (Phi) is 2.51. The largest absolute Gasteiger partial charge is 0.496 e. The summed E-state index contributed by atoms with van der Waals surface area (Å²) in [7, 11) is 1.60. The molecule has 15 heavy (non-hydrogen) atoms. The molecule has 3 nitrogen and oxygen atoms in total. The molecule has 1 aromatic heterocycles. The van der Waals surface area contributed by atoms with Crippen molar-refractivity contribution < 1.29 is 4.74 Å². The highest BCUT2D eigenvalue weighted by Gasteiger charge is 2.10. The van der Waals surface area contributed by atoms with Crippen LogP contribution in [0.4, 0.5) is 0 Å². The highest BCUT2D eigenvalue weighted by molar-refractivity contribution is 7.80. The molecule has 2 aromatic rings. The smallest absolute Gasteiger partial charge is 0.129 e. The molecular formula is C11H10N2OS. The fourth-order valence-electron chi connectivity index (χ4n) is 1.57. The summed E-state index contributed by atoms with van der Waals surface area (Å²) < 4.78 is 5.23. The molecule has 0 bridgehead atoms. The van der Waals surface area contributed by atoms with Crippen molar-refractivity contribution in [3.05, 3.63) is 36.2 Å². The lowest BCUT2D eigenvalue weighted by atomic mass is 10.1. The molecule has 0 aliphatic heterocycles. The SMILES string of the molecule is COc1ccc2cnccc2c1C(N)=S. The zero-order valence-corrected chi connectivity index (χ0v) is 9.04. The van der Waals surface area contributed by atoms with E-state index in [1.165, 1.54) is 0 Å². The number of rotatable bonds is 2. The minimum atomic E-state index is 0.337. The van der Waals surface area contributed by atoms with Crippen molar-refractivity contribution in [2.75, 3.05) is 7.11 Å². The summed E-state index contributed by atoms with van der Waals surface area (Å²) in [5.74, 6) is 0.696. The maximum atomic E-state index is 5.69. The minimum absolute atomic E-state index is 0.337. The maximum Gasteiger partial charge on any atom is 0.129 e. The lowest BCUT2D eigenvalue weighted by molar-refractivity contribution is 0.414. The van der Waals surface area contributed by atoms with E-state index in [9.17, 15) is 0 Å². The van der Waals surface area contributed by atoms with Crippen molar-refractivity contribution in [2.45, 2.75) is 0 Å². The Hall–Kier alpha value is -1.68. The Morgan fingerprint density at radius 1 is 1.40 bits per heavy atom. The van der Waals surface area contributed by atoms with E-state index < -0.39 is 0 Å². The van der Waals surface area contributed by atoms with Crippen molar-refractivity contribution in [3.8, 4) is 5.75 Å². The third-order valence-electron chi connectivity index (χ3n) is 2.25. The standard InChI is InChI=1S/C11H10N2OS/c1-14-9-3-2-7-6-13-5-4-8(7)10(9)11(12)15/h2-6H,1H3,(H2,12,15). The summed E-state index contributed by atoms with van der Waals surface area (Å²) in [4.78, 5) is 4.38. The number of thiocarbonyl (C=S) groups is 1. The van der Waals surface area contributed by atoms with Gasteiger partial charge in [0.2, 0.25) is 0 Å². The molecule has 2 N–H and O–H groups in total. The highest BCUT2D eigenvalue weighted by atomic mass is 32.1.